The first-order chi connectivity index (χ1) is 32.2. The minimum Gasteiger partial charge on any atom is -0.112 e. The van der Waals surface area contributed by atoms with E-state index in [0.29, 0.717) is 16.5 Å². The Hall–Kier alpha value is -3.71. The van der Waals surface area contributed by atoms with Gasteiger partial charge in [-0.25, -0.2) is 0 Å². The molecular weight excluding hydrogens is 796 g/mol. The zero-order valence-corrected chi connectivity index (χ0v) is 36.6. The van der Waals surface area contributed by atoms with Crippen LogP contribution in [0.1, 0.15) is 0 Å². The highest BCUT2D eigenvalue weighted by atomic mass is 14.3. The average Bonchev–Trinajstić information content (AvgIpc) is 3.73. The lowest BCUT2D eigenvalue weighted by Gasteiger charge is -2.34. The molecule has 0 bridgehead atoms. The van der Waals surface area contributed by atoms with Crippen LogP contribution in [0.5, 0.6) is 0 Å². The predicted octanol–water partition coefficient (Wildman–Crippen LogP) is -21.6. The van der Waals surface area contributed by atoms with E-state index < -0.39 is 0 Å². The van der Waals surface area contributed by atoms with Gasteiger partial charge in [0.15, 0.2) is 7.28 Å². The molecule has 0 unspecified atom stereocenters. The van der Waals surface area contributed by atoms with Crippen molar-refractivity contribution in [1.29, 1.82) is 0 Å². The molecule has 0 spiro atoms. The van der Waals surface area contributed by atoms with Crippen LogP contribution in [-0.4, -0.2) is 211 Å². The molecule has 1 aliphatic rings. The standard InChI is InChI=1S/C42B27/c43-15-3(8-10(23(51)33(61)32(60)22(8)50)16(44)11(15)12-24(52)34(62)37(65)35(63)25(12)53)1-4-6(20(48)30(58)28(56)18(4)46)2(7-5(1)19(47)29(57)31(59)21(7)49)9-17(45)13-14-27(55)36(64)38(66)40(68)42(14)69-41(13)39(67)26(9)54. The lowest BCUT2D eigenvalue weighted by atomic mass is 9.54. The van der Waals surface area contributed by atoms with E-state index >= 15 is 0 Å². The van der Waals surface area contributed by atoms with Gasteiger partial charge in [-0.3, -0.25) is 0 Å². The molecule has 0 saturated heterocycles. The minimum absolute atomic E-state index is 0.00133. The first-order valence-corrected chi connectivity index (χ1v) is 20.3. The quantitative estimate of drug-likeness (QED) is 0.123. The Morgan fingerprint density at radius 2 is 0.333 bits per heavy atom. The third-order valence-corrected chi connectivity index (χ3v) is 13.6. The molecule has 69 heavy (non-hydrogen) atoms. The molecule has 0 fully saturated rings. The van der Waals surface area contributed by atoms with E-state index in [2.05, 4.69) is 0 Å². The zero-order chi connectivity index (χ0) is 51.0. The van der Waals surface area contributed by atoms with E-state index in [1.807, 2.05) is 0 Å². The van der Waals surface area contributed by atoms with Crippen molar-refractivity contribution >= 4 is 397 Å². The van der Waals surface area contributed by atoms with Crippen LogP contribution in [0.4, 0.5) is 0 Å². The smallest absolute Gasteiger partial charge is 0.112 e. The second-order valence-corrected chi connectivity index (χ2v) is 17.0. The molecule has 53 radical (unpaired) electrons. The molecule has 1 aliphatic heterocycles. The second kappa shape index (κ2) is 16.9. The van der Waals surface area contributed by atoms with Crippen molar-refractivity contribution in [3.63, 3.8) is 0 Å². The summed E-state index contributed by atoms with van der Waals surface area (Å²) in [6.45, 7) is 0. The van der Waals surface area contributed by atoms with Crippen LogP contribution in [0, 0.1) is 0 Å². The molecule has 8 aromatic rings. The summed E-state index contributed by atoms with van der Waals surface area (Å²) in [5.41, 5.74) is -2.15. The van der Waals surface area contributed by atoms with Crippen molar-refractivity contribution in [3.8, 4) is 44.5 Å². The number of benzene rings is 8. The fourth-order valence-corrected chi connectivity index (χ4v) is 9.92. The van der Waals surface area contributed by atoms with E-state index in [4.69, 9.17) is 204 Å². The maximum absolute atomic E-state index is 7.44. The van der Waals surface area contributed by atoms with Crippen molar-refractivity contribution in [3.05, 3.63) is 0 Å². The molecule has 0 atom stereocenters. The Bertz CT molecular complexity index is 3710. The van der Waals surface area contributed by atoms with Crippen LogP contribution in [0.25, 0.3) is 76.8 Å². The van der Waals surface area contributed by atoms with Gasteiger partial charge in [-0.2, -0.15) is 0 Å². The molecular formula is C42B27. The number of rotatable bonds is 3. The van der Waals surface area contributed by atoms with Crippen LogP contribution < -0.4 is 153 Å². The van der Waals surface area contributed by atoms with Crippen LogP contribution in [0.3, 0.4) is 0 Å². The van der Waals surface area contributed by atoms with Gasteiger partial charge in [0.1, 0.15) is 204 Å². The highest BCUT2D eigenvalue weighted by Crippen LogP contribution is 2.41. The van der Waals surface area contributed by atoms with E-state index in [-0.39, 0.29) is 213 Å². The van der Waals surface area contributed by atoms with Gasteiger partial charge < -0.3 is 0 Å². The molecule has 0 aliphatic carbocycles. The van der Waals surface area contributed by atoms with Gasteiger partial charge in [-0.1, -0.05) is 81.9 Å². The van der Waals surface area contributed by atoms with Gasteiger partial charge >= 0.3 is 0 Å². The van der Waals surface area contributed by atoms with Gasteiger partial charge in [0, 0.05) is 0 Å². The fourth-order valence-electron chi connectivity index (χ4n) is 9.92. The van der Waals surface area contributed by atoms with Crippen LogP contribution >= 0.6 is 0 Å². The largest absolute Gasteiger partial charge is 0.191 e. The van der Waals surface area contributed by atoms with Crippen LogP contribution in [-0.2, 0) is 0 Å². The highest BCUT2D eigenvalue weighted by molar-refractivity contribution is 6.86. The summed E-state index contributed by atoms with van der Waals surface area (Å²) in [7, 11) is 178. The van der Waals surface area contributed by atoms with E-state index in [1.54, 1.807) is 7.28 Å². The van der Waals surface area contributed by atoms with Gasteiger partial charge in [0.05, 0.1) is 0 Å². The summed E-state index contributed by atoms with van der Waals surface area (Å²) in [6, 6.07) is 0. The van der Waals surface area contributed by atoms with Crippen LogP contribution in [0.15, 0.2) is 0 Å². The van der Waals surface area contributed by atoms with Crippen molar-refractivity contribution in [1.82, 2.24) is 0 Å². The number of hydrogen-bond acceptors (Lipinski definition) is 0. The van der Waals surface area contributed by atoms with Crippen LogP contribution in [0.2, 0.25) is 0 Å². The highest BCUT2D eigenvalue weighted by Gasteiger charge is 2.34. The van der Waals surface area contributed by atoms with Gasteiger partial charge in [0.2, 0.25) is 0 Å². The maximum Gasteiger partial charge on any atom is 0.191 e. The average molecular weight is 796 g/mol. The summed E-state index contributed by atoms with van der Waals surface area (Å²) in [5, 5.41) is -0.0346. The lowest BCUT2D eigenvalue weighted by molar-refractivity contribution is 1.82. The van der Waals surface area contributed by atoms with Crippen molar-refractivity contribution in [2.75, 3.05) is 0 Å². The molecule has 0 saturated carbocycles. The SMILES string of the molecule is [B]c1c([B])c([B])c(-c2c([B])c(-c3c4c([B])c([B])c([B])c([B])c4c(-c4c([B])c([B])c5c(c4[B])-c4c([B])c([B])c([B])c([B])c4[B]5)c4c([B])c([B])c([B])c([B])c34)c3c([B])c([B])c([B])c([B])c3c2[B])c([B])c1[B]. The summed E-state index contributed by atoms with van der Waals surface area (Å²) >= 11 is 0. The molecule has 1 heterocycles. The third kappa shape index (κ3) is 6.47. The Kier molecular flexibility index (Phi) is 12.3. The minimum atomic E-state index is -0.229. The molecule has 0 N–H and O–H groups in total. The Morgan fingerprint density at radius 3 is 0.725 bits per heavy atom. The fraction of sp³-hybridized carbons (Fsp3) is 0. The topological polar surface area (TPSA) is 0 Å². The second-order valence-electron chi connectivity index (χ2n) is 17.0. The van der Waals surface area contributed by atoms with Gasteiger partial charge in [0.25, 0.3) is 0 Å². The summed E-state index contributed by atoms with van der Waals surface area (Å²) < 4.78 is 0. The van der Waals surface area contributed by atoms with Crippen molar-refractivity contribution in [2.24, 2.45) is 0 Å². The van der Waals surface area contributed by atoms with Gasteiger partial charge in [-0.05, 0) is 76.8 Å². The van der Waals surface area contributed by atoms with E-state index in [0.717, 1.165) is 0 Å². The van der Waals surface area contributed by atoms with Crippen molar-refractivity contribution < 1.29 is 0 Å². The third-order valence-electron chi connectivity index (χ3n) is 13.6. The van der Waals surface area contributed by atoms with E-state index in [9.17, 15) is 0 Å². The Labute approximate surface area is 438 Å². The van der Waals surface area contributed by atoms with E-state index in [1.165, 1.54) is 0 Å². The summed E-state index contributed by atoms with van der Waals surface area (Å²) in [6.07, 6.45) is 0. The molecule has 8 aromatic carbocycles. The number of hydrogen-bond donors (Lipinski definition) is 0. The normalized spacial score (nSPS) is 11.9. The zero-order valence-electron chi connectivity index (χ0n) is 36.6. The first-order valence-electron chi connectivity index (χ1n) is 20.3. The number of fused-ring (bicyclic) bond motifs is 6. The molecule has 9 rings (SSSR count). The molecule has 0 aromatic heterocycles. The maximum atomic E-state index is 7.44. The predicted molar refractivity (Wildman–Crippen MR) is 326 cm³/mol. The molecule has 0 amide bonds. The Balaban J connectivity index is 1.66. The molecule has 27 heteroatoms. The molecule has 249 valence electrons. The van der Waals surface area contributed by atoms with Gasteiger partial charge in [-0.15, -0.1) is 71.0 Å². The summed E-state index contributed by atoms with van der Waals surface area (Å²) in [5.74, 6) is 0. The Morgan fingerprint density at radius 1 is 0.130 bits per heavy atom. The summed E-state index contributed by atoms with van der Waals surface area (Å²) in [4.78, 5) is 0. The van der Waals surface area contributed by atoms with Crippen molar-refractivity contribution in [2.45, 2.75) is 0 Å². The first kappa shape index (κ1) is 50.2. The molecule has 0 nitrogen and oxygen atoms in total. The lowest BCUT2D eigenvalue weighted by Crippen LogP contribution is -2.56. The monoisotopic (exact) mass is 801 g/mol.